The van der Waals surface area contributed by atoms with Crippen LogP contribution in [0.25, 0.3) is 5.69 Å². The van der Waals surface area contributed by atoms with Crippen molar-refractivity contribution in [2.24, 2.45) is 5.92 Å². The Hall–Kier alpha value is -3.16. The molecule has 0 bridgehead atoms. The largest absolute Gasteiger partial charge is 0.466 e. The average Bonchev–Trinajstić information content (AvgIpc) is 3.08. The summed E-state index contributed by atoms with van der Waals surface area (Å²) < 4.78 is 25.6. The van der Waals surface area contributed by atoms with Crippen LogP contribution < -0.4 is 0 Å². The molecular weight excluding hydrogens is 415 g/mol. The first-order valence-corrected chi connectivity index (χ1v) is 10.8. The summed E-state index contributed by atoms with van der Waals surface area (Å²) in [6.07, 6.45) is 0.115. The highest BCUT2D eigenvalue weighted by molar-refractivity contribution is 5.93. The molecule has 1 aromatic carbocycles. The number of aryl methyl sites for hydroxylation is 1. The Morgan fingerprint density at radius 2 is 1.75 bits per heavy atom. The number of halogens is 1. The van der Waals surface area contributed by atoms with Gasteiger partial charge in [0.15, 0.2) is 6.10 Å². The van der Waals surface area contributed by atoms with Crippen LogP contribution in [0.5, 0.6) is 0 Å². The van der Waals surface area contributed by atoms with Gasteiger partial charge in [0.1, 0.15) is 5.82 Å². The SMILES string of the molecule is CCOC(=O)C1CCN(C(=O)C(C)OC(=O)c2cc(C)n(-c3ccc(F)cc3)c2C)CC1. The van der Waals surface area contributed by atoms with Crippen molar-refractivity contribution in [2.45, 2.75) is 46.6 Å². The lowest BCUT2D eigenvalue weighted by Crippen LogP contribution is -2.45. The second-order valence-corrected chi connectivity index (χ2v) is 8.00. The molecule has 1 atom stereocenters. The maximum absolute atomic E-state index is 13.3. The Labute approximate surface area is 187 Å². The zero-order chi connectivity index (χ0) is 23.4. The second kappa shape index (κ2) is 9.97. The van der Waals surface area contributed by atoms with E-state index in [1.807, 2.05) is 11.5 Å². The topological polar surface area (TPSA) is 77.8 Å². The van der Waals surface area contributed by atoms with Gasteiger partial charge in [-0.1, -0.05) is 0 Å². The van der Waals surface area contributed by atoms with Gasteiger partial charge in [-0.15, -0.1) is 0 Å². The number of hydrogen-bond acceptors (Lipinski definition) is 5. The summed E-state index contributed by atoms with van der Waals surface area (Å²) in [5.41, 5.74) is 2.52. The van der Waals surface area contributed by atoms with E-state index in [-0.39, 0.29) is 23.6 Å². The third kappa shape index (κ3) is 5.00. The first-order chi connectivity index (χ1) is 15.2. The van der Waals surface area contributed by atoms with E-state index in [9.17, 15) is 18.8 Å². The Morgan fingerprint density at radius 3 is 2.34 bits per heavy atom. The minimum Gasteiger partial charge on any atom is -0.466 e. The third-order valence-electron chi connectivity index (χ3n) is 5.79. The number of hydrogen-bond donors (Lipinski definition) is 0. The van der Waals surface area contributed by atoms with Gasteiger partial charge in [-0.25, -0.2) is 9.18 Å². The summed E-state index contributed by atoms with van der Waals surface area (Å²) in [4.78, 5) is 39.1. The fourth-order valence-electron chi connectivity index (χ4n) is 4.08. The van der Waals surface area contributed by atoms with Gasteiger partial charge in [0.25, 0.3) is 5.91 Å². The van der Waals surface area contributed by atoms with Gasteiger partial charge in [0, 0.05) is 30.2 Å². The zero-order valence-corrected chi connectivity index (χ0v) is 18.9. The molecule has 1 aliphatic heterocycles. The molecule has 172 valence electrons. The fraction of sp³-hybridized carbons (Fsp3) is 0.458. The number of amides is 1. The lowest BCUT2D eigenvalue weighted by Gasteiger charge is -2.32. The van der Waals surface area contributed by atoms with Crippen LogP contribution in [0.1, 0.15) is 48.4 Å². The van der Waals surface area contributed by atoms with Gasteiger partial charge in [0.05, 0.1) is 18.1 Å². The Kier molecular flexibility index (Phi) is 7.33. The number of piperidine rings is 1. The van der Waals surface area contributed by atoms with Crippen molar-refractivity contribution in [3.8, 4) is 5.69 Å². The first-order valence-electron chi connectivity index (χ1n) is 10.8. The van der Waals surface area contributed by atoms with Gasteiger partial charge >= 0.3 is 11.9 Å². The van der Waals surface area contributed by atoms with Crippen LogP contribution in [0.2, 0.25) is 0 Å². The van der Waals surface area contributed by atoms with Crippen molar-refractivity contribution in [1.82, 2.24) is 9.47 Å². The number of esters is 2. The summed E-state index contributed by atoms with van der Waals surface area (Å²) in [6, 6.07) is 7.69. The third-order valence-corrected chi connectivity index (χ3v) is 5.79. The predicted octanol–water partition coefficient (Wildman–Crippen LogP) is 3.58. The van der Waals surface area contributed by atoms with Gasteiger partial charge in [-0.3, -0.25) is 9.59 Å². The molecule has 1 saturated heterocycles. The van der Waals surface area contributed by atoms with E-state index >= 15 is 0 Å². The molecule has 1 fully saturated rings. The fourth-order valence-corrected chi connectivity index (χ4v) is 4.08. The smallest absolute Gasteiger partial charge is 0.340 e. The summed E-state index contributed by atoms with van der Waals surface area (Å²) in [5, 5.41) is 0. The summed E-state index contributed by atoms with van der Waals surface area (Å²) >= 11 is 0. The highest BCUT2D eigenvalue weighted by atomic mass is 19.1. The van der Waals surface area contributed by atoms with E-state index in [0.717, 1.165) is 11.4 Å². The lowest BCUT2D eigenvalue weighted by molar-refractivity contribution is -0.152. The number of rotatable bonds is 6. The maximum atomic E-state index is 13.3. The first kappa shape index (κ1) is 23.5. The van der Waals surface area contributed by atoms with Crippen LogP contribution in [0.3, 0.4) is 0 Å². The lowest BCUT2D eigenvalue weighted by atomic mass is 9.97. The van der Waals surface area contributed by atoms with E-state index in [1.165, 1.54) is 12.1 Å². The molecule has 0 saturated carbocycles. The second-order valence-electron chi connectivity index (χ2n) is 8.00. The van der Waals surface area contributed by atoms with E-state index in [0.29, 0.717) is 43.8 Å². The number of carbonyl (C=O) groups excluding carboxylic acids is 3. The number of aromatic nitrogens is 1. The minimum atomic E-state index is -0.949. The standard InChI is InChI=1S/C24H29FN2O5/c1-5-31-23(29)18-10-12-26(13-11-18)22(28)17(4)32-24(30)21-14-15(2)27(16(21)3)20-8-6-19(25)7-9-20/h6-9,14,17-18H,5,10-13H2,1-4H3. The van der Waals surface area contributed by atoms with Crippen molar-refractivity contribution in [3.05, 3.63) is 53.1 Å². The summed E-state index contributed by atoms with van der Waals surface area (Å²) in [5.74, 6) is -1.64. The van der Waals surface area contributed by atoms with Gasteiger partial charge < -0.3 is 18.9 Å². The number of ether oxygens (including phenoxy) is 2. The molecule has 1 aromatic heterocycles. The molecule has 7 nitrogen and oxygen atoms in total. The van der Waals surface area contributed by atoms with E-state index in [1.54, 1.807) is 43.9 Å². The van der Waals surface area contributed by atoms with Crippen LogP contribution in [-0.4, -0.2) is 53.1 Å². The number of carbonyl (C=O) groups is 3. The van der Waals surface area contributed by atoms with E-state index in [2.05, 4.69) is 0 Å². The van der Waals surface area contributed by atoms with E-state index < -0.39 is 12.1 Å². The monoisotopic (exact) mass is 444 g/mol. The molecule has 32 heavy (non-hydrogen) atoms. The molecule has 3 rings (SSSR count). The molecule has 0 spiro atoms. The van der Waals surface area contributed by atoms with Crippen LogP contribution in [0, 0.1) is 25.6 Å². The van der Waals surface area contributed by atoms with Crippen molar-refractivity contribution in [3.63, 3.8) is 0 Å². The highest BCUT2D eigenvalue weighted by Crippen LogP contribution is 2.23. The molecule has 0 N–H and O–H groups in total. The Bertz CT molecular complexity index is 991. The Balaban J connectivity index is 1.63. The minimum absolute atomic E-state index is 0.200. The molecule has 0 radical (unpaired) electrons. The van der Waals surface area contributed by atoms with Crippen molar-refractivity contribution in [1.29, 1.82) is 0 Å². The quantitative estimate of drug-likeness (QED) is 0.637. The zero-order valence-electron chi connectivity index (χ0n) is 18.9. The van der Waals surface area contributed by atoms with Crippen LogP contribution in [-0.2, 0) is 19.1 Å². The molecular formula is C24H29FN2O5. The van der Waals surface area contributed by atoms with Gasteiger partial charge in [-0.05, 0) is 70.9 Å². The van der Waals surface area contributed by atoms with Crippen molar-refractivity contribution in [2.75, 3.05) is 19.7 Å². The van der Waals surface area contributed by atoms with Crippen LogP contribution >= 0.6 is 0 Å². The molecule has 1 amide bonds. The molecule has 0 aliphatic carbocycles. The van der Waals surface area contributed by atoms with Gasteiger partial charge in [0.2, 0.25) is 0 Å². The Morgan fingerprint density at radius 1 is 1.12 bits per heavy atom. The van der Waals surface area contributed by atoms with Crippen molar-refractivity contribution >= 4 is 17.8 Å². The van der Waals surface area contributed by atoms with Crippen LogP contribution in [0.15, 0.2) is 30.3 Å². The predicted molar refractivity (Wildman–Crippen MR) is 116 cm³/mol. The molecule has 1 unspecified atom stereocenters. The van der Waals surface area contributed by atoms with Crippen molar-refractivity contribution < 1.29 is 28.2 Å². The summed E-state index contributed by atoms with van der Waals surface area (Å²) in [6.45, 7) is 8.12. The molecule has 1 aliphatic rings. The average molecular weight is 445 g/mol. The maximum Gasteiger partial charge on any atom is 0.340 e. The summed E-state index contributed by atoms with van der Waals surface area (Å²) in [7, 11) is 0. The highest BCUT2D eigenvalue weighted by Gasteiger charge is 2.32. The van der Waals surface area contributed by atoms with Crippen LogP contribution in [0.4, 0.5) is 4.39 Å². The molecule has 8 heteroatoms. The normalized spacial score (nSPS) is 15.3. The molecule has 2 heterocycles. The molecule has 2 aromatic rings. The number of likely N-dealkylation sites (tertiary alicyclic amines) is 1. The van der Waals surface area contributed by atoms with Gasteiger partial charge in [-0.2, -0.15) is 0 Å². The number of benzene rings is 1. The van der Waals surface area contributed by atoms with E-state index in [4.69, 9.17) is 9.47 Å². The number of nitrogens with zero attached hydrogens (tertiary/aromatic N) is 2.